The summed E-state index contributed by atoms with van der Waals surface area (Å²) in [4.78, 5) is 19.6. The zero-order chi connectivity index (χ0) is 34.2. The number of sulfonamides is 1. The Morgan fingerprint density at radius 2 is 1.63 bits per heavy atom. The van der Waals surface area contributed by atoms with Gasteiger partial charge in [-0.15, -0.1) is 0 Å². The number of hydrogen-bond acceptors (Lipinski definition) is 8. The third-order valence-electron chi connectivity index (χ3n) is 7.13. The van der Waals surface area contributed by atoms with Gasteiger partial charge in [-0.25, -0.2) is 27.1 Å². The molecule has 5 N–H and O–H groups in total. The largest absolute Gasteiger partial charge is 0.481 e. The molecule has 3 aromatic carbocycles. The molecule has 0 aliphatic rings. The number of nitrogens with two attached hydrogens (primary N) is 1. The molecule has 4 aromatic rings. The van der Waals surface area contributed by atoms with Crippen LogP contribution in [0.2, 0.25) is 0 Å². The molecule has 0 radical (unpaired) electrons. The van der Waals surface area contributed by atoms with Crippen LogP contribution in [-0.2, 0) is 14.8 Å². The molecule has 0 bridgehead atoms. The molecule has 10 nitrogen and oxygen atoms in total. The topological polar surface area (TPSA) is 167 Å². The highest BCUT2D eigenvalue weighted by Crippen LogP contribution is 2.32. The number of aromatic nitrogens is 2. The average Bonchev–Trinajstić information content (AvgIpc) is 2.98. The van der Waals surface area contributed by atoms with E-state index in [1.807, 2.05) is 32.9 Å². The second kappa shape index (κ2) is 15.9. The molecule has 0 aliphatic carbocycles. The van der Waals surface area contributed by atoms with Gasteiger partial charge in [0.25, 0.3) is 0 Å². The van der Waals surface area contributed by atoms with E-state index in [1.54, 1.807) is 0 Å². The van der Waals surface area contributed by atoms with Crippen molar-refractivity contribution in [1.82, 2.24) is 9.97 Å². The highest BCUT2D eigenvalue weighted by molar-refractivity contribution is 7.92. The van der Waals surface area contributed by atoms with Crippen LogP contribution >= 0.6 is 0 Å². The maximum atomic E-state index is 13.5. The van der Waals surface area contributed by atoms with E-state index in [0.717, 1.165) is 10.6 Å². The molecule has 1 aromatic heterocycles. The first-order valence-electron chi connectivity index (χ1n) is 14.7. The van der Waals surface area contributed by atoms with E-state index in [9.17, 15) is 27.8 Å². The van der Waals surface area contributed by atoms with Crippen LogP contribution in [0.25, 0.3) is 28.1 Å². The van der Waals surface area contributed by atoms with Crippen molar-refractivity contribution in [3.63, 3.8) is 0 Å². The number of fused-ring (bicyclic) bond motifs is 1. The van der Waals surface area contributed by atoms with Crippen molar-refractivity contribution in [3.8, 4) is 11.3 Å². The fraction of sp³-hybridized carbons (Fsp3) is 0.324. The number of aliphatic carboxylic acids is 1. The molecule has 246 valence electrons. The van der Waals surface area contributed by atoms with Gasteiger partial charge in [-0.05, 0) is 53.4 Å². The van der Waals surface area contributed by atoms with Crippen LogP contribution in [-0.4, -0.2) is 65.2 Å². The Kier molecular flexibility index (Phi) is 12.5. The van der Waals surface area contributed by atoms with Crippen LogP contribution in [0.4, 0.5) is 10.3 Å². The second-order valence-corrected chi connectivity index (χ2v) is 13.3. The second-order valence-electron chi connectivity index (χ2n) is 11.3. The summed E-state index contributed by atoms with van der Waals surface area (Å²) in [5.74, 6) is -1.87. The minimum absolute atomic E-state index is 0.0601. The van der Waals surface area contributed by atoms with Gasteiger partial charge < -0.3 is 21.1 Å². The summed E-state index contributed by atoms with van der Waals surface area (Å²) < 4.78 is 38.6. The molecule has 0 saturated carbocycles. The van der Waals surface area contributed by atoms with E-state index in [1.165, 1.54) is 59.8 Å². The predicted octanol–water partition coefficient (Wildman–Crippen LogP) is 5.26. The van der Waals surface area contributed by atoms with Crippen LogP contribution in [0, 0.1) is 5.82 Å². The van der Waals surface area contributed by atoms with Crippen LogP contribution in [0.5, 0.6) is 0 Å². The Labute approximate surface area is 269 Å². The number of halogens is 1. The van der Waals surface area contributed by atoms with Gasteiger partial charge in [0.15, 0.2) is 0 Å². The first-order chi connectivity index (χ1) is 21.6. The lowest BCUT2D eigenvalue weighted by molar-refractivity contribution is -0.139. The van der Waals surface area contributed by atoms with Gasteiger partial charge in [0.1, 0.15) is 5.82 Å². The molecule has 0 saturated heterocycles. The number of carboxylic acids is 1. The molecular weight excluding hydrogens is 611 g/mol. The Morgan fingerprint density at radius 1 is 1.00 bits per heavy atom. The van der Waals surface area contributed by atoms with Crippen molar-refractivity contribution in [1.29, 1.82) is 0 Å². The van der Waals surface area contributed by atoms with Crippen molar-refractivity contribution in [3.05, 3.63) is 95.4 Å². The molecule has 1 heterocycles. The number of aliphatic hydroxyl groups is 2. The van der Waals surface area contributed by atoms with Gasteiger partial charge in [-0.3, -0.25) is 4.79 Å². The normalized spacial score (nSPS) is 13.7. The van der Waals surface area contributed by atoms with Crippen molar-refractivity contribution in [2.75, 3.05) is 17.6 Å². The van der Waals surface area contributed by atoms with Gasteiger partial charge in [0, 0.05) is 30.6 Å². The third kappa shape index (κ3) is 9.88. The monoisotopic (exact) mass is 652 g/mol. The summed E-state index contributed by atoms with van der Waals surface area (Å²) in [5.41, 5.74) is 8.90. The standard InChI is InChI=1S/C22H28FN3O6S.C12H13N/c1-13(2)20-18(10-9-16(27)11-17(28)12-19(29)30)21(14-5-7-15(23)8-6-14)25-22(24-20)26(3)33(4,31)32;1-9(13)11-8-4-6-10-5-2-3-7-12(10)11/h5-10,13,16-17,27-28H,11-12H2,1-4H3,(H,29,30);2-9H,13H2,1H3/b10-9+;/t16-,17-;9-/m10/s1. The molecule has 3 atom stereocenters. The van der Waals surface area contributed by atoms with Crippen LogP contribution in [0.15, 0.2) is 72.8 Å². The number of rotatable bonds is 11. The lowest BCUT2D eigenvalue weighted by Crippen LogP contribution is -2.27. The van der Waals surface area contributed by atoms with Gasteiger partial charge in [-0.2, -0.15) is 0 Å². The van der Waals surface area contributed by atoms with Gasteiger partial charge in [-0.1, -0.05) is 68.5 Å². The highest BCUT2D eigenvalue weighted by atomic mass is 32.2. The summed E-state index contributed by atoms with van der Waals surface area (Å²) in [7, 11) is -2.33. The highest BCUT2D eigenvalue weighted by Gasteiger charge is 2.22. The minimum atomic E-state index is -3.65. The van der Waals surface area contributed by atoms with Crippen LogP contribution < -0.4 is 10.0 Å². The summed E-state index contributed by atoms with van der Waals surface area (Å²) >= 11 is 0. The van der Waals surface area contributed by atoms with Crippen LogP contribution in [0.3, 0.4) is 0 Å². The number of anilines is 1. The summed E-state index contributed by atoms with van der Waals surface area (Å²) in [6.07, 6.45) is 0.860. The zero-order valence-corrected chi connectivity index (χ0v) is 27.3. The molecule has 0 fully saturated rings. The number of carbonyl (C=O) groups is 1. The van der Waals surface area contributed by atoms with Gasteiger partial charge in [0.2, 0.25) is 16.0 Å². The molecule has 0 spiro atoms. The van der Waals surface area contributed by atoms with Crippen molar-refractivity contribution in [2.24, 2.45) is 5.73 Å². The summed E-state index contributed by atoms with van der Waals surface area (Å²) in [6, 6.07) is 20.2. The fourth-order valence-corrected chi connectivity index (χ4v) is 5.07. The Balaban J connectivity index is 0.000000365. The van der Waals surface area contributed by atoms with Gasteiger partial charge >= 0.3 is 5.97 Å². The third-order valence-corrected chi connectivity index (χ3v) is 8.29. The molecular formula is C34H41FN4O6S. The van der Waals surface area contributed by atoms with Gasteiger partial charge in [0.05, 0.1) is 36.3 Å². The number of hydrogen-bond donors (Lipinski definition) is 4. The van der Waals surface area contributed by atoms with Crippen molar-refractivity contribution in [2.45, 2.75) is 57.8 Å². The number of nitrogens with zero attached hydrogens (tertiary/aromatic N) is 3. The predicted molar refractivity (Wildman–Crippen MR) is 179 cm³/mol. The van der Waals surface area contributed by atoms with E-state index < -0.39 is 40.4 Å². The van der Waals surface area contributed by atoms with Crippen molar-refractivity contribution < 1.29 is 32.9 Å². The first kappa shape index (κ1) is 36.2. The molecule has 0 unspecified atom stereocenters. The fourth-order valence-electron chi connectivity index (χ4n) is 4.69. The molecule has 4 rings (SSSR count). The quantitative estimate of drug-likeness (QED) is 0.169. The molecule has 46 heavy (non-hydrogen) atoms. The van der Waals surface area contributed by atoms with E-state index in [2.05, 4.69) is 40.3 Å². The molecule has 12 heteroatoms. The maximum absolute atomic E-state index is 13.5. The molecule has 0 amide bonds. The zero-order valence-electron chi connectivity index (χ0n) is 26.5. The smallest absolute Gasteiger partial charge is 0.305 e. The van der Waals surface area contributed by atoms with Crippen LogP contribution in [0.1, 0.15) is 62.4 Å². The van der Waals surface area contributed by atoms with E-state index in [4.69, 9.17) is 10.8 Å². The SMILES string of the molecule is CC(C)c1nc(N(C)S(C)(=O)=O)nc(-c2ccc(F)cc2)c1/C=C/[C@@H](O)C[C@@H](O)CC(=O)O.C[C@H](N)c1cccc2ccccc12. The maximum Gasteiger partial charge on any atom is 0.305 e. The first-order valence-corrected chi connectivity index (χ1v) is 16.5. The van der Waals surface area contributed by atoms with E-state index in [-0.39, 0.29) is 24.3 Å². The van der Waals surface area contributed by atoms with E-state index >= 15 is 0 Å². The number of carboxylic acid groups (broad SMARTS) is 1. The average molecular weight is 653 g/mol. The lowest BCUT2D eigenvalue weighted by Gasteiger charge is -2.20. The minimum Gasteiger partial charge on any atom is -0.481 e. The summed E-state index contributed by atoms with van der Waals surface area (Å²) in [6.45, 7) is 5.72. The Hall–Kier alpha value is -4.23. The lowest BCUT2D eigenvalue weighted by atomic mass is 9.97. The number of benzene rings is 3. The van der Waals surface area contributed by atoms with Crippen molar-refractivity contribution >= 4 is 38.8 Å². The Bertz CT molecular complexity index is 1770. The van der Waals surface area contributed by atoms with E-state index in [0.29, 0.717) is 22.5 Å². The number of aliphatic hydroxyl groups excluding tert-OH is 2. The summed E-state index contributed by atoms with van der Waals surface area (Å²) in [5, 5.41) is 31.3. The Morgan fingerprint density at radius 3 is 2.22 bits per heavy atom. The molecule has 0 aliphatic heterocycles.